The molecule has 1 aromatic rings. The summed E-state index contributed by atoms with van der Waals surface area (Å²) in [6, 6.07) is 7.39. The van der Waals surface area contributed by atoms with Crippen LogP contribution in [0.15, 0.2) is 41.9 Å². The zero-order chi connectivity index (χ0) is 16.2. The SMILES string of the molecule is C=CCCCN(C)C(=NCCCc1ccc(O)cc1)NCC. The third-order valence-corrected chi connectivity index (χ3v) is 3.42. The van der Waals surface area contributed by atoms with Gasteiger partial charge >= 0.3 is 0 Å². The fraction of sp³-hybridized carbons (Fsp3) is 0.500. The second-order valence-electron chi connectivity index (χ2n) is 5.36. The van der Waals surface area contributed by atoms with Crippen molar-refractivity contribution in [3.05, 3.63) is 42.5 Å². The number of nitrogens with one attached hydrogen (secondary N) is 1. The summed E-state index contributed by atoms with van der Waals surface area (Å²) in [5, 5.41) is 12.6. The summed E-state index contributed by atoms with van der Waals surface area (Å²) in [5.41, 5.74) is 1.23. The van der Waals surface area contributed by atoms with Gasteiger partial charge in [-0.25, -0.2) is 0 Å². The van der Waals surface area contributed by atoms with Gasteiger partial charge in [-0.05, 0) is 50.3 Å². The Bertz CT molecular complexity index is 454. The minimum absolute atomic E-state index is 0.317. The van der Waals surface area contributed by atoms with E-state index in [9.17, 15) is 5.11 Å². The van der Waals surface area contributed by atoms with Crippen LogP contribution in [0.1, 0.15) is 31.7 Å². The monoisotopic (exact) mass is 303 g/mol. The van der Waals surface area contributed by atoms with Gasteiger partial charge in [0.25, 0.3) is 0 Å². The van der Waals surface area contributed by atoms with E-state index < -0.39 is 0 Å². The molecule has 2 N–H and O–H groups in total. The molecule has 0 aliphatic heterocycles. The molecule has 0 radical (unpaired) electrons. The summed E-state index contributed by atoms with van der Waals surface area (Å²) in [7, 11) is 2.07. The molecule has 0 aromatic heterocycles. The van der Waals surface area contributed by atoms with E-state index in [1.54, 1.807) is 12.1 Å². The van der Waals surface area contributed by atoms with Crippen LogP contribution in [0.3, 0.4) is 0 Å². The highest BCUT2D eigenvalue weighted by molar-refractivity contribution is 5.79. The highest BCUT2D eigenvalue weighted by Gasteiger charge is 2.04. The fourth-order valence-electron chi connectivity index (χ4n) is 2.18. The van der Waals surface area contributed by atoms with E-state index in [4.69, 9.17) is 0 Å². The summed E-state index contributed by atoms with van der Waals surface area (Å²) in [6.07, 6.45) is 6.06. The number of guanidine groups is 1. The molecule has 1 aromatic carbocycles. The maximum absolute atomic E-state index is 9.27. The van der Waals surface area contributed by atoms with Gasteiger partial charge in [-0.3, -0.25) is 4.99 Å². The van der Waals surface area contributed by atoms with E-state index in [2.05, 4.69) is 35.8 Å². The third kappa shape index (κ3) is 7.16. The van der Waals surface area contributed by atoms with Crippen LogP contribution in [0.25, 0.3) is 0 Å². The van der Waals surface area contributed by atoms with Crippen molar-refractivity contribution in [1.29, 1.82) is 0 Å². The van der Waals surface area contributed by atoms with E-state index in [1.807, 2.05) is 18.2 Å². The molecule has 0 bridgehead atoms. The molecule has 0 amide bonds. The van der Waals surface area contributed by atoms with E-state index in [0.717, 1.165) is 51.3 Å². The van der Waals surface area contributed by atoms with Gasteiger partial charge < -0.3 is 15.3 Å². The average Bonchev–Trinajstić information content (AvgIpc) is 2.52. The normalized spacial score (nSPS) is 11.3. The van der Waals surface area contributed by atoms with Crippen molar-refractivity contribution < 1.29 is 5.11 Å². The van der Waals surface area contributed by atoms with Gasteiger partial charge in [0.2, 0.25) is 0 Å². The predicted octanol–water partition coefficient (Wildman–Crippen LogP) is 3.19. The first-order chi connectivity index (χ1) is 10.7. The van der Waals surface area contributed by atoms with Crippen molar-refractivity contribution in [3.63, 3.8) is 0 Å². The van der Waals surface area contributed by atoms with E-state index in [1.165, 1.54) is 5.56 Å². The molecule has 4 heteroatoms. The molecule has 0 aliphatic carbocycles. The largest absolute Gasteiger partial charge is 0.508 e. The third-order valence-electron chi connectivity index (χ3n) is 3.42. The van der Waals surface area contributed by atoms with E-state index in [0.29, 0.717) is 5.75 Å². The maximum atomic E-state index is 9.27. The summed E-state index contributed by atoms with van der Waals surface area (Å²) in [5.74, 6) is 1.29. The number of hydrogen-bond acceptors (Lipinski definition) is 2. The number of allylic oxidation sites excluding steroid dienone is 1. The van der Waals surface area contributed by atoms with Crippen molar-refractivity contribution >= 4 is 5.96 Å². The number of phenolic OH excluding ortho intramolecular Hbond substituents is 1. The molecule has 0 saturated carbocycles. The number of aliphatic imine (C=N–C) groups is 1. The Kier molecular flexibility index (Phi) is 8.80. The second kappa shape index (κ2) is 10.7. The molecule has 0 spiro atoms. The topological polar surface area (TPSA) is 47.9 Å². The van der Waals surface area contributed by atoms with Crippen molar-refractivity contribution in [3.8, 4) is 5.75 Å². The lowest BCUT2D eigenvalue weighted by atomic mass is 10.1. The van der Waals surface area contributed by atoms with Crippen LogP contribution in [0, 0.1) is 0 Å². The molecular weight excluding hydrogens is 274 g/mol. The highest BCUT2D eigenvalue weighted by Crippen LogP contribution is 2.11. The predicted molar refractivity (Wildman–Crippen MR) is 94.5 cm³/mol. The Balaban J connectivity index is 2.40. The summed E-state index contributed by atoms with van der Waals surface area (Å²) >= 11 is 0. The molecule has 0 fully saturated rings. The molecule has 0 heterocycles. The number of rotatable bonds is 9. The maximum Gasteiger partial charge on any atom is 0.193 e. The zero-order valence-electron chi connectivity index (χ0n) is 13.9. The van der Waals surface area contributed by atoms with Gasteiger partial charge in [0.15, 0.2) is 5.96 Å². The number of aromatic hydroxyl groups is 1. The van der Waals surface area contributed by atoms with Crippen LogP contribution in [0.2, 0.25) is 0 Å². The molecule has 0 atom stereocenters. The van der Waals surface area contributed by atoms with Crippen molar-refractivity contribution in [2.75, 3.05) is 26.7 Å². The Morgan fingerprint density at radius 2 is 2.05 bits per heavy atom. The number of unbranched alkanes of at least 4 members (excludes halogenated alkanes) is 1. The molecule has 4 nitrogen and oxygen atoms in total. The van der Waals surface area contributed by atoms with E-state index in [-0.39, 0.29) is 0 Å². The quantitative estimate of drug-likeness (QED) is 0.319. The highest BCUT2D eigenvalue weighted by atomic mass is 16.3. The lowest BCUT2D eigenvalue weighted by Gasteiger charge is -2.21. The molecule has 22 heavy (non-hydrogen) atoms. The molecular formula is C18H29N3O. The number of hydrogen-bond donors (Lipinski definition) is 2. The molecule has 1 rings (SSSR count). The summed E-state index contributed by atoms with van der Waals surface area (Å²) in [6.45, 7) is 8.50. The fourth-order valence-corrected chi connectivity index (χ4v) is 2.18. The molecule has 122 valence electrons. The van der Waals surface area contributed by atoms with Crippen LogP contribution in [-0.2, 0) is 6.42 Å². The van der Waals surface area contributed by atoms with E-state index >= 15 is 0 Å². The van der Waals surface area contributed by atoms with Crippen LogP contribution < -0.4 is 5.32 Å². The smallest absolute Gasteiger partial charge is 0.193 e. The first-order valence-corrected chi connectivity index (χ1v) is 8.05. The van der Waals surface area contributed by atoms with Gasteiger partial charge in [-0.1, -0.05) is 18.2 Å². The number of aryl methyl sites for hydroxylation is 1. The molecule has 0 unspecified atom stereocenters. The lowest BCUT2D eigenvalue weighted by Crippen LogP contribution is -2.39. The van der Waals surface area contributed by atoms with Gasteiger partial charge in [-0.2, -0.15) is 0 Å². The van der Waals surface area contributed by atoms with Crippen LogP contribution >= 0.6 is 0 Å². The molecule has 0 saturated heterocycles. The minimum Gasteiger partial charge on any atom is -0.508 e. The first kappa shape index (κ1) is 18.1. The van der Waals surface area contributed by atoms with Crippen LogP contribution in [0.5, 0.6) is 5.75 Å². The number of nitrogens with zero attached hydrogens (tertiary/aromatic N) is 2. The number of benzene rings is 1. The van der Waals surface area contributed by atoms with Gasteiger partial charge in [0.1, 0.15) is 5.75 Å². The van der Waals surface area contributed by atoms with Crippen LogP contribution in [-0.4, -0.2) is 42.6 Å². The van der Waals surface area contributed by atoms with Crippen molar-refractivity contribution in [1.82, 2.24) is 10.2 Å². The first-order valence-electron chi connectivity index (χ1n) is 8.05. The van der Waals surface area contributed by atoms with Crippen molar-refractivity contribution in [2.24, 2.45) is 4.99 Å². The molecule has 0 aliphatic rings. The average molecular weight is 303 g/mol. The summed E-state index contributed by atoms with van der Waals surface area (Å²) < 4.78 is 0. The Morgan fingerprint density at radius 3 is 2.68 bits per heavy atom. The van der Waals surface area contributed by atoms with Gasteiger partial charge in [0, 0.05) is 26.7 Å². The standard InChI is InChI=1S/C18H29N3O/c1-4-6-7-15-21(3)18(19-5-2)20-14-8-9-16-10-12-17(22)13-11-16/h4,10-13,22H,1,5-9,14-15H2,2-3H3,(H,19,20). The second-order valence-corrected chi connectivity index (χ2v) is 5.36. The zero-order valence-corrected chi connectivity index (χ0v) is 13.9. The van der Waals surface area contributed by atoms with Crippen molar-refractivity contribution in [2.45, 2.75) is 32.6 Å². The Morgan fingerprint density at radius 1 is 1.32 bits per heavy atom. The minimum atomic E-state index is 0.317. The Hall–Kier alpha value is -1.97. The Labute approximate surface area is 134 Å². The lowest BCUT2D eigenvalue weighted by molar-refractivity contribution is 0.469. The van der Waals surface area contributed by atoms with Gasteiger partial charge in [-0.15, -0.1) is 6.58 Å². The number of phenols is 1. The van der Waals surface area contributed by atoms with Crippen LogP contribution in [0.4, 0.5) is 0 Å². The summed E-state index contributed by atoms with van der Waals surface area (Å²) in [4.78, 5) is 6.86. The van der Waals surface area contributed by atoms with Gasteiger partial charge in [0.05, 0.1) is 0 Å².